The Bertz CT molecular complexity index is 1090. The number of nitrogens with one attached hydrogen (secondary N) is 1. The van der Waals surface area contributed by atoms with Crippen molar-refractivity contribution in [3.63, 3.8) is 0 Å². The van der Waals surface area contributed by atoms with Crippen LogP contribution < -0.4 is 20.5 Å². The van der Waals surface area contributed by atoms with Crippen LogP contribution in [-0.2, 0) is 6.42 Å². The highest BCUT2D eigenvalue weighted by molar-refractivity contribution is 6.13. The number of ether oxygens (including phenoxy) is 2. The van der Waals surface area contributed by atoms with Crippen molar-refractivity contribution in [3.8, 4) is 11.5 Å². The number of aromatic nitrogens is 2. The lowest BCUT2D eigenvalue weighted by molar-refractivity contribution is 0.102. The van der Waals surface area contributed by atoms with E-state index in [2.05, 4.69) is 22.4 Å². The first-order chi connectivity index (χ1) is 13.6. The third-order valence-electron chi connectivity index (χ3n) is 5.06. The first kappa shape index (κ1) is 19.3. The van der Waals surface area contributed by atoms with Gasteiger partial charge in [0.15, 0.2) is 11.5 Å². The molecule has 2 aromatic heterocycles. The molecule has 1 aliphatic heterocycles. The fourth-order valence-electron chi connectivity index (χ4n) is 3.46. The Kier molecular flexibility index (Phi) is 4.96. The zero-order valence-electron chi connectivity index (χ0n) is 15.9. The Balaban J connectivity index is 0.00000205. The molecule has 2 aliphatic rings. The van der Waals surface area contributed by atoms with E-state index >= 15 is 0 Å². The molecule has 0 spiro atoms. The van der Waals surface area contributed by atoms with Gasteiger partial charge in [-0.1, -0.05) is 18.5 Å². The van der Waals surface area contributed by atoms with E-state index in [1.165, 1.54) is 0 Å². The van der Waals surface area contributed by atoms with E-state index in [1.807, 2.05) is 6.07 Å². The van der Waals surface area contributed by atoms with Gasteiger partial charge in [0.25, 0.3) is 11.6 Å². The number of carbonyl (C=O) groups excluding carboxylic acids is 1. The molecule has 152 valence electrons. The predicted octanol–water partition coefficient (Wildman–Crippen LogP) is 4.04. The summed E-state index contributed by atoms with van der Waals surface area (Å²) in [4.78, 5) is 17.8. The number of nitrogens with zero attached hydrogens (tertiary/aromatic N) is 2. The highest BCUT2D eigenvalue weighted by atomic mass is 35.5. The van der Waals surface area contributed by atoms with Gasteiger partial charge in [0.2, 0.25) is 6.79 Å². The number of fused-ring (bicyclic) bond motifs is 2. The van der Waals surface area contributed by atoms with Crippen LogP contribution in [-0.4, -0.2) is 22.8 Å². The zero-order chi connectivity index (χ0) is 19.3. The maximum Gasteiger partial charge on any atom is 0.259 e. The lowest BCUT2D eigenvalue weighted by Crippen LogP contribution is -2.15. The molecule has 3 aromatic rings. The molecule has 0 atom stereocenters. The molecule has 8 nitrogen and oxygen atoms in total. The van der Waals surface area contributed by atoms with Crippen LogP contribution in [0.1, 0.15) is 53.8 Å². The topological polar surface area (TPSA) is 112 Å². The van der Waals surface area contributed by atoms with Gasteiger partial charge in [0.05, 0.1) is 28.0 Å². The van der Waals surface area contributed by atoms with Gasteiger partial charge in [-0.25, -0.2) is 4.98 Å². The minimum Gasteiger partial charge on any atom is -0.454 e. The Morgan fingerprint density at radius 2 is 2.00 bits per heavy atom. The second-order valence-electron chi connectivity index (χ2n) is 7.18. The van der Waals surface area contributed by atoms with Crippen molar-refractivity contribution in [3.05, 3.63) is 35.2 Å². The van der Waals surface area contributed by atoms with Crippen molar-refractivity contribution < 1.29 is 18.8 Å². The number of amides is 1. The second-order valence-corrected chi connectivity index (χ2v) is 7.18. The summed E-state index contributed by atoms with van der Waals surface area (Å²) >= 11 is 0. The molecule has 3 heterocycles. The van der Waals surface area contributed by atoms with Gasteiger partial charge in [-0.05, 0) is 25.3 Å². The summed E-state index contributed by atoms with van der Waals surface area (Å²) in [6.45, 7) is 2.20. The number of hydrogen-bond acceptors (Lipinski definition) is 7. The van der Waals surface area contributed by atoms with Crippen LogP contribution in [0, 0.1) is 0 Å². The van der Waals surface area contributed by atoms with E-state index < -0.39 is 0 Å². The number of nitrogen functional groups attached to an aromatic ring is 1. The quantitative estimate of drug-likeness (QED) is 0.603. The fraction of sp³-hybridized carbons (Fsp3) is 0.350. The smallest absolute Gasteiger partial charge is 0.259 e. The molecule has 1 aliphatic carbocycles. The molecule has 29 heavy (non-hydrogen) atoms. The summed E-state index contributed by atoms with van der Waals surface area (Å²) in [5.74, 6) is 1.23. The number of pyridine rings is 1. The van der Waals surface area contributed by atoms with Crippen molar-refractivity contribution >= 4 is 40.8 Å². The minimum absolute atomic E-state index is 0. The van der Waals surface area contributed by atoms with Gasteiger partial charge in [-0.15, -0.1) is 12.4 Å². The maximum absolute atomic E-state index is 13.2. The second kappa shape index (κ2) is 7.44. The number of rotatable bonds is 5. The molecule has 1 amide bonds. The molecule has 0 saturated heterocycles. The van der Waals surface area contributed by atoms with Gasteiger partial charge >= 0.3 is 0 Å². The number of anilines is 2. The molecular formula is C20H21ClN4O4. The fourth-order valence-corrected chi connectivity index (χ4v) is 3.46. The molecular weight excluding hydrogens is 396 g/mol. The predicted molar refractivity (Wildman–Crippen MR) is 110 cm³/mol. The molecule has 0 bridgehead atoms. The molecule has 3 N–H and O–H groups in total. The van der Waals surface area contributed by atoms with Gasteiger partial charge in [-0.3, -0.25) is 4.79 Å². The number of nitrogens with two attached hydrogens (primary N) is 1. The Hall–Kier alpha value is -3.00. The number of aryl methyl sites for hydroxylation is 1. The third-order valence-corrected chi connectivity index (χ3v) is 5.06. The van der Waals surface area contributed by atoms with Crippen molar-refractivity contribution in [2.75, 3.05) is 17.8 Å². The van der Waals surface area contributed by atoms with Gasteiger partial charge in [0.1, 0.15) is 0 Å². The number of benzene rings is 1. The average Bonchev–Trinajstić information content (AvgIpc) is 3.32. The molecule has 9 heteroatoms. The van der Waals surface area contributed by atoms with Crippen LogP contribution in [0.5, 0.6) is 11.5 Å². The van der Waals surface area contributed by atoms with Crippen LogP contribution in [0.25, 0.3) is 11.1 Å². The number of hydrogen-bond donors (Lipinski definition) is 2. The summed E-state index contributed by atoms with van der Waals surface area (Å²) in [5, 5.41) is 7.71. The Labute approximate surface area is 173 Å². The Morgan fingerprint density at radius 1 is 1.24 bits per heavy atom. The van der Waals surface area contributed by atoms with Gasteiger partial charge < -0.3 is 25.0 Å². The minimum atomic E-state index is -0.277. The van der Waals surface area contributed by atoms with Crippen LogP contribution >= 0.6 is 12.4 Å². The first-order valence-electron chi connectivity index (χ1n) is 9.43. The van der Waals surface area contributed by atoms with E-state index in [-0.39, 0.29) is 25.1 Å². The maximum atomic E-state index is 13.2. The van der Waals surface area contributed by atoms with Crippen molar-refractivity contribution in [1.82, 2.24) is 10.1 Å². The SMILES string of the molecule is CCCc1noc2nc(C3CC3)cc(C(=O)Nc3cc4c(cc3N)OCO4)c12.Cl. The molecule has 1 saturated carbocycles. The van der Waals surface area contributed by atoms with Gasteiger partial charge in [-0.2, -0.15) is 0 Å². The summed E-state index contributed by atoms with van der Waals surface area (Å²) in [6.07, 6.45) is 3.75. The van der Waals surface area contributed by atoms with E-state index in [0.29, 0.717) is 51.9 Å². The standard InChI is InChI=1S/C20H20N4O4.ClH/c1-2-3-13-18-11(6-14(10-4-5-10)23-20(18)28-24-13)19(25)22-15-8-17-16(7-12(15)21)26-9-27-17;/h6-8,10H,2-5,9,21H2,1H3,(H,22,25);1H. The van der Waals surface area contributed by atoms with Gasteiger partial charge in [0, 0.05) is 23.7 Å². The molecule has 1 aromatic carbocycles. The largest absolute Gasteiger partial charge is 0.454 e. The van der Waals surface area contributed by atoms with E-state index in [1.54, 1.807) is 12.1 Å². The Morgan fingerprint density at radius 3 is 2.72 bits per heavy atom. The van der Waals surface area contributed by atoms with E-state index in [0.717, 1.165) is 30.7 Å². The molecule has 5 rings (SSSR count). The summed E-state index contributed by atoms with van der Waals surface area (Å²) in [6, 6.07) is 5.18. The zero-order valence-corrected chi connectivity index (χ0v) is 16.7. The third kappa shape index (κ3) is 3.44. The number of halogens is 1. The van der Waals surface area contributed by atoms with E-state index in [4.69, 9.17) is 19.7 Å². The lowest BCUT2D eigenvalue weighted by Gasteiger charge is -2.11. The highest BCUT2D eigenvalue weighted by Gasteiger charge is 2.29. The van der Waals surface area contributed by atoms with Crippen LogP contribution in [0.4, 0.5) is 11.4 Å². The molecule has 1 fully saturated rings. The van der Waals surface area contributed by atoms with Crippen LogP contribution in [0.15, 0.2) is 22.7 Å². The van der Waals surface area contributed by atoms with Crippen LogP contribution in [0.3, 0.4) is 0 Å². The number of carbonyl (C=O) groups is 1. The monoisotopic (exact) mass is 416 g/mol. The summed E-state index contributed by atoms with van der Waals surface area (Å²) in [7, 11) is 0. The van der Waals surface area contributed by atoms with Crippen molar-refractivity contribution in [2.45, 2.75) is 38.5 Å². The molecule has 0 radical (unpaired) electrons. The van der Waals surface area contributed by atoms with E-state index in [9.17, 15) is 4.79 Å². The highest BCUT2D eigenvalue weighted by Crippen LogP contribution is 2.41. The normalized spacial score (nSPS) is 14.7. The van der Waals surface area contributed by atoms with Crippen LogP contribution in [0.2, 0.25) is 0 Å². The summed E-state index contributed by atoms with van der Waals surface area (Å²) < 4.78 is 16.1. The lowest BCUT2D eigenvalue weighted by atomic mass is 10.0. The van der Waals surface area contributed by atoms with Crippen molar-refractivity contribution in [1.29, 1.82) is 0 Å². The van der Waals surface area contributed by atoms with Crippen molar-refractivity contribution in [2.24, 2.45) is 0 Å². The molecule has 0 unspecified atom stereocenters. The average molecular weight is 417 g/mol. The first-order valence-corrected chi connectivity index (χ1v) is 9.43. The summed E-state index contributed by atoms with van der Waals surface area (Å²) in [5.41, 5.74) is 9.50.